The first-order valence-electron chi connectivity index (χ1n) is 18.1. The molecule has 288 valence electrons. The number of para-hydroxylation sites is 1. The van der Waals surface area contributed by atoms with Crippen LogP contribution in [0.4, 0.5) is 45.9 Å². The van der Waals surface area contributed by atoms with Crippen molar-refractivity contribution in [1.29, 1.82) is 0 Å². The number of hydrogen-bond acceptors (Lipinski definition) is 9. The number of fused-ring (bicyclic) bond motifs is 3. The number of nitrogens with zero attached hydrogens (tertiary/aromatic N) is 4. The predicted octanol–water partition coefficient (Wildman–Crippen LogP) is 8.63. The van der Waals surface area contributed by atoms with Gasteiger partial charge in [-0.25, -0.2) is 14.6 Å². The van der Waals surface area contributed by atoms with Crippen LogP contribution < -0.4 is 16.0 Å². The molecule has 5 aromatic rings. The minimum absolute atomic E-state index is 0.0227. The summed E-state index contributed by atoms with van der Waals surface area (Å²) < 4.78 is 47.8. The van der Waals surface area contributed by atoms with Gasteiger partial charge in [0, 0.05) is 37.9 Å². The fourth-order valence-electron chi connectivity index (χ4n) is 6.81. The molecule has 1 fully saturated rings. The molecule has 7 rings (SSSR count). The van der Waals surface area contributed by atoms with E-state index in [1.165, 1.54) is 19.2 Å². The summed E-state index contributed by atoms with van der Waals surface area (Å²) in [5, 5.41) is 8.91. The smallest absolute Gasteiger partial charge is 0.443 e. The highest BCUT2D eigenvalue weighted by atomic mass is 19.4. The molecule has 1 saturated heterocycles. The minimum atomic E-state index is -4.79. The zero-order valence-corrected chi connectivity index (χ0v) is 30.3. The van der Waals surface area contributed by atoms with E-state index < -0.39 is 35.7 Å². The number of aromatic nitrogens is 2. The lowest BCUT2D eigenvalue weighted by molar-refractivity contribution is -0.137. The van der Waals surface area contributed by atoms with Crippen LogP contribution in [0.2, 0.25) is 0 Å². The van der Waals surface area contributed by atoms with Crippen molar-refractivity contribution >= 4 is 41.2 Å². The molecular formula is C41H38F3N7O5. The second-order valence-electron chi connectivity index (χ2n) is 13.3. The molecule has 0 saturated carbocycles. The number of amides is 3. The Bertz CT molecular complexity index is 2180. The van der Waals surface area contributed by atoms with Crippen LogP contribution in [0.3, 0.4) is 0 Å². The molecule has 0 bridgehead atoms. The van der Waals surface area contributed by atoms with Gasteiger partial charge in [-0.2, -0.15) is 18.2 Å². The van der Waals surface area contributed by atoms with Gasteiger partial charge in [-0.05, 0) is 71.3 Å². The SMILES string of the molecule is CNC(=O)c1ccccc1Nc1nc(Nc2ccc(CN(OC(=O)N3CCCCC3)C(=O)OCC3c4ccccc4-c4ccccc43)cc2)ncc1C(F)(F)F. The average molecular weight is 766 g/mol. The number of hydrogen-bond donors (Lipinski definition) is 3. The van der Waals surface area contributed by atoms with Crippen LogP contribution in [0.1, 0.15) is 57.8 Å². The topological polar surface area (TPSA) is 138 Å². The van der Waals surface area contributed by atoms with Crippen molar-refractivity contribution in [1.82, 2.24) is 25.2 Å². The standard InChI is InChI=1S/C41H38F3N7O5/c1-45-37(52)32-15-7-8-16-35(32)48-36-34(41(42,43)44)23-46-38(49-36)47-27-19-17-26(18-20-27)24-51(56-39(53)50-21-9-2-10-22-50)40(54)55-25-33-30-13-5-3-11-28(30)29-12-4-6-14-31(29)33/h3-8,11-20,23,33H,2,9-10,21-22,24-25H2,1H3,(H,45,52)(H2,46,47,48,49). The maximum absolute atomic E-state index is 14.0. The normalized spacial score (nSPS) is 13.6. The molecule has 3 amide bonds. The average Bonchev–Trinajstić information content (AvgIpc) is 3.53. The van der Waals surface area contributed by atoms with Crippen LogP contribution in [0, 0.1) is 0 Å². The molecule has 2 aliphatic rings. The largest absolute Gasteiger partial charge is 0.446 e. The predicted molar refractivity (Wildman–Crippen MR) is 202 cm³/mol. The number of halogens is 3. The van der Waals surface area contributed by atoms with Crippen molar-refractivity contribution in [2.45, 2.75) is 37.9 Å². The molecule has 15 heteroatoms. The number of carbonyl (C=O) groups is 3. The van der Waals surface area contributed by atoms with Crippen molar-refractivity contribution in [3.05, 3.63) is 131 Å². The third-order valence-electron chi connectivity index (χ3n) is 9.62. The molecule has 4 aromatic carbocycles. The summed E-state index contributed by atoms with van der Waals surface area (Å²) in [5.74, 6) is -1.41. The van der Waals surface area contributed by atoms with Crippen LogP contribution in [0.25, 0.3) is 11.1 Å². The van der Waals surface area contributed by atoms with Crippen LogP contribution in [-0.4, -0.2) is 64.8 Å². The van der Waals surface area contributed by atoms with Crippen molar-refractivity contribution in [2.75, 3.05) is 37.4 Å². The Balaban J connectivity index is 1.07. The molecule has 12 nitrogen and oxygen atoms in total. The quantitative estimate of drug-likeness (QED) is 0.126. The van der Waals surface area contributed by atoms with Gasteiger partial charge >= 0.3 is 18.4 Å². The Morgan fingerprint density at radius 1 is 0.839 bits per heavy atom. The Morgan fingerprint density at radius 3 is 2.14 bits per heavy atom. The van der Waals surface area contributed by atoms with E-state index in [0.717, 1.165) is 46.6 Å². The molecule has 3 N–H and O–H groups in total. The van der Waals surface area contributed by atoms with Crippen LogP contribution in [-0.2, 0) is 22.3 Å². The number of nitrogens with one attached hydrogen (secondary N) is 3. The first-order valence-corrected chi connectivity index (χ1v) is 18.1. The van der Waals surface area contributed by atoms with E-state index in [4.69, 9.17) is 9.57 Å². The zero-order chi connectivity index (χ0) is 39.2. The summed E-state index contributed by atoms with van der Waals surface area (Å²) in [6.07, 6.45) is -2.97. The maximum Gasteiger partial charge on any atom is 0.443 e. The van der Waals surface area contributed by atoms with Gasteiger partial charge in [0.25, 0.3) is 5.91 Å². The molecule has 0 spiro atoms. The summed E-state index contributed by atoms with van der Waals surface area (Å²) in [6, 6.07) is 28.6. The summed E-state index contributed by atoms with van der Waals surface area (Å²) in [6.45, 7) is 0.907. The number of hydroxylamine groups is 2. The van der Waals surface area contributed by atoms with Crippen molar-refractivity contribution in [2.24, 2.45) is 0 Å². The third kappa shape index (κ3) is 8.36. The van der Waals surface area contributed by atoms with Crippen LogP contribution in [0.5, 0.6) is 0 Å². The third-order valence-corrected chi connectivity index (χ3v) is 9.62. The Hall–Kier alpha value is -6.64. The summed E-state index contributed by atoms with van der Waals surface area (Å²) in [5.41, 5.74) is 4.33. The molecule has 0 radical (unpaired) electrons. The highest BCUT2D eigenvalue weighted by Gasteiger charge is 2.36. The van der Waals surface area contributed by atoms with E-state index in [1.54, 1.807) is 41.3 Å². The van der Waals surface area contributed by atoms with Crippen molar-refractivity contribution in [3.8, 4) is 11.1 Å². The molecule has 1 aromatic heterocycles. The first kappa shape index (κ1) is 37.7. The van der Waals surface area contributed by atoms with Crippen molar-refractivity contribution in [3.63, 3.8) is 0 Å². The fraction of sp³-hybridized carbons (Fsp3) is 0.244. The fourth-order valence-corrected chi connectivity index (χ4v) is 6.81. The number of alkyl halides is 3. The Kier molecular flexibility index (Phi) is 11.0. The number of carbonyl (C=O) groups excluding carboxylic acids is 3. The number of benzene rings is 4. The van der Waals surface area contributed by atoms with Gasteiger partial charge in [0.05, 0.1) is 17.8 Å². The summed E-state index contributed by atoms with van der Waals surface area (Å²) >= 11 is 0. The summed E-state index contributed by atoms with van der Waals surface area (Å²) in [7, 11) is 1.42. The van der Waals surface area contributed by atoms with E-state index in [2.05, 4.69) is 25.9 Å². The molecular weight excluding hydrogens is 727 g/mol. The number of rotatable bonds is 9. The van der Waals surface area contributed by atoms with Gasteiger partial charge in [0.1, 0.15) is 18.0 Å². The molecule has 2 heterocycles. The van der Waals surface area contributed by atoms with Gasteiger partial charge in [-0.15, -0.1) is 5.06 Å². The van der Waals surface area contributed by atoms with E-state index >= 15 is 0 Å². The van der Waals surface area contributed by atoms with Crippen LogP contribution >= 0.6 is 0 Å². The van der Waals surface area contributed by atoms with E-state index in [1.807, 2.05) is 48.5 Å². The highest BCUT2D eigenvalue weighted by molar-refractivity contribution is 6.00. The van der Waals surface area contributed by atoms with Crippen LogP contribution in [0.15, 0.2) is 103 Å². The molecule has 0 atom stereocenters. The van der Waals surface area contributed by atoms with Gasteiger partial charge in [0.2, 0.25) is 5.95 Å². The van der Waals surface area contributed by atoms with E-state index in [9.17, 15) is 27.6 Å². The number of anilines is 4. The monoisotopic (exact) mass is 765 g/mol. The zero-order valence-electron chi connectivity index (χ0n) is 30.3. The van der Waals surface area contributed by atoms with E-state index in [0.29, 0.717) is 30.5 Å². The lowest BCUT2D eigenvalue weighted by atomic mass is 9.98. The van der Waals surface area contributed by atoms with Gasteiger partial charge in [-0.3, -0.25) is 4.79 Å². The highest BCUT2D eigenvalue weighted by Crippen LogP contribution is 2.44. The number of ether oxygens (including phenoxy) is 1. The second kappa shape index (κ2) is 16.4. The molecule has 0 unspecified atom stereocenters. The van der Waals surface area contributed by atoms with E-state index in [-0.39, 0.29) is 36.3 Å². The Labute approximate surface area is 320 Å². The second-order valence-corrected chi connectivity index (χ2v) is 13.3. The minimum Gasteiger partial charge on any atom is -0.446 e. The lowest BCUT2D eigenvalue weighted by Crippen LogP contribution is -2.42. The first-order chi connectivity index (χ1) is 27.1. The maximum atomic E-state index is 14.0. The number of piperidine rings is 1. The van der Waals surface area contributed by atoms with Crippen molar-refractivity contribution < 1.29 is 37.1 Å². The molecule has 1 aliphatic carbocycles. The number of likely N-dealkylation sites (tertiary alicyclic amines) is 1. The molecule has 56 heavy (non-hydrogen) atoms. The van der Waals surface area contributed by atoms with Gasteiger partial charge in [0.15, 0.2) is 0 Å². The Morgan fingerprint density at radius 2 is 1.48 bits per heavy atom. The summed E-state index contributed by atoms with van der Waals surface area (Å²) in [4.78, 5) is 54.4. The molecule has 1 aliphatic heterocycles. The van der Waals surface area contributed by atoms with Gasteiger partial charge < -0.3 is 30.4 Å². The lowest BCUT2D eigenvalue weighted by Gasteiger charge is -2.29. The van der Waals surface area contributed by atoms with Gasteiger partial charge in [-0.1, -0.05) is 72.8 Å².